The van der Waals surface area contributed by atoms with Crippen molar-refractivity contribution >= 4 is 46.3 Å². The molecule has 5 aromatic rings. The molecule has 6 rings (SSSR count). The number of thiophene rings is 1. The van der Waals surface area contributed by atoms with Gasteiger partial charge >= 0.3 is 5.97 Å². The molecule has 8 nitrogen and oxygen atoms in total. The summed E-state index contributed by atoms with van der Waals surface area (Å²) in [5, 5.41) is 7.23. The lowest BCUT2D eigenvalue weighted by atomic mass is 10.0. The Bertz CT molecular complexity index is 1990. The highest BCUT2D eigenvalue weighted by molar-refractivity contribution is 7.10. The number of hydrogen-bond donors (Lipinski definition) is 0. The molecule has 2 aromatic carbocycles. The van der Waals surface area contributed by atoms with E-state index in [1.807, 2.05) is 66.2 Å². The zero-order valence-electron chi connectivity index (χ0n) is 22.2. The van der Waals surface area contributed by atoms with Crippen molar-refractivity contribution in [3.63, 3.8) is 0 Å². The maximum atomic E-state index is 14.0. The molecule has 0 radical (unpaired) electrons. The Labute approximate surface area is 247 Å². The Morgan fingerprint density at radius 1 is 1.10 bits per heavy atom. The fourth-order valence-corrected chi connectivity index (χ4v) is 6.91. The summed E-state index contributed by atoms with van der Waals surface area (Å²) in [7, 11) is 2.89. The first-order valence-electron chi connectivity index (χ1n) is 12.5. The van der Waals surface area contributed by atoms with Crippen LogP contribution >= 0.6 is 34.3 Å². The minimum absolute atomic E-state index is 0.257. The summed E-state index contributed by atoms with van der Waals surface area (Å²) in [4.78, 5) is 32.8. The molecular formula is C30H23ClN4O4S2. The van der Waals surface area contributed by atoms with Crippen LogP contribution in [0.3, 0.4) is 0 Å². The van der Waals surface area contributed by atoms with Crippen LogP contribution in [0.1, 0.15) is 23.4 Å². The van der Waals surface area contributed by atoms with E-state index in [4.69, 9.17) is 26.2 Å². The molecule has 1 unspecified atom stereocenters. The van der Waals surface area contributed by atoms with Crippen LogP contribution in [0.4, 0.5) is 0 Å². The van der Waals surface area contributed by atoms with E-state index in [2.05, 4.69) is 4.99 Å². The lowest BCUT2D eigenvalue weighted by Crippen LogP contribution is -2.39. The molecule has 1 atom stereocenters. The Hall–Kier alpha value is -4.25. The summed E-state index contributed by atoms with van der Waals surface area (Å²) in [6.45, 7) is 1.76. The second-order valence-corrected chi connectivity index (χ2v) is 11.5. The number of halogens is 1. The monoisotopic (exact) mass is 602 g/mol. The predicted octanol–water partition coefficient (Wildman–Crippen LogP) is 4.98. The van der Waals surface area contributed by atoms with Gasteiger partial charge in [0.15, 0.2) is 4.80 Å². The summed E-state index contributed by atoms with van der Waals surface area (Å²) in [6.07, 6.45) is 3.69. The minimum atomic E-state index is -0.632. The zero-order chi connectivity index (χ0) is 28.7. The van der Waals surface area contributed by atoms with Crippen LogP contribution in [0, 0.1) is 0 Å². The van der Waals surface area contributed by atoms with E-state index in [0.717, 1.165) is 21.7 Å². The van der Waals surface area contributed by atoms with Crippen LogP contribution in [0.2, 0.25) is 5.02 Å². The Morgan fingerprint density at radius 3 is 2.59 bits per heavy atom. The number of carbonyl (C=O) groups excluding carboxylic acids is 1. The van der Waals surface area contributed by atoms with Crippen molar-refractivity contribution in [2.75, 3.05) is 14.2 Å². The third-order valence-corrected chi connectivity index (χ3v) is 8.92. The van der Waals surface area contributed by atoms with Gasteiger partial charge in [0.1, 0.15) is 17.5 Å². The van der Waals surface area contributed by atoms with Gasteiger partial charge in [-0.15, -0.1) is 11.3 Å². The standard InChI is InChI=1S/C30H23ClN4O4S2/c1-17-25(29(37)39-3)27(23-10-7-13-40-23)35-28(36)24(41-30(35)32-17)15-19-16-34(20-8-5-4-6-9-20)33-26(19)18-11-12-22(38-2)21(31)14-18/h4-16,27H,1-3H3. The number of nitrogens with zero attached hydrogens (tertiary/aromatic N) is 4. The minimum Gasteiger partial charge on any atom is -0.495 e. The molecule has 1 aliphatic rings. The third-order valence-electron chi connectivity index (χ3n) is 6.71. The van der Waals surface area contributed by atoms with Gasteiger partial charge in [-0.05, 0) is 54.8 Å². The largest absolute Gasteiger partial charge is 0.495 e. The number of ether oxygens (including phenoxy) is 2. The molecule has 4 heterocycles. The van der Waals surface area contributed by atoms with E-state index in [-0.39, 0.29) is 5.56 Å². The maximum absolute atomic E-state index is 14.0. The first-order valence-corrected chi connectivity index (χ1v) is 14.6. The topological polar surface area (TPSA) is 87.7 Å². The van der Waals surface area contributed by atoms with Gasteiger partial charge in [0.2, 0.25) is 0 Å². The van der Waals surface area contributed by atoms with E-state index in [1.165, 1.54) is 29.8 Å². The van der Waals surface area contributed by atoms with Crippen molar-refractivity contribution in [1.82, 2.24) is 14.3 Å². The van der Waals surface area contributed by atoms with Crippen molar-refractivity contribution in [2.24, 2.45) is 4.99 Å². The molecule has 0 aliphatic carbocycles. The molecule has 11 heteroatoms. The summed E-state index contributed by atoms with van der Waals surface area (Å²) >= 11 is 9.20. The van der Waals surface area contributed by atoms with Crippen molar-refractivity contribution in [1.29, 1.82) is 0 Å². The normalized spacial score (nSPS) is 15.0. The smallest absolute Gasteiger partial charge is 0.338 e. The number of thiazole rings is 1. The van der Waals surface area contributed by atoms with Crippen molar-refractivity contribution < 1.29 is 14.3 Å². The molecule has 3 aromatic heterocycles. The average Bonchev–Trinajstić information content (AvgIpc) is 3.73. The van der Waals surface area contributed by atoms with Crippen LogP contribution < -0.4 is 19.6 Å². The fraction of sp³-hybridized carbons (Fsp3) is 0.133. The second kappa shape index (κ2) is 11.0. The number of esters is 1. The highest BCUT2D eigenvalue weighted by Crippen LogP contribution is 2.34. The van der Waals surface area contributed by atoms with E-state index in [1.54, 1.807) is 35.4 Å². The first-order chi connectivity index (χ1) is 19.9. The maximum Gasteiger partial charge on any atom is 0.338 e. The summed E-state index contributed by atoms with van der Waals surface area (Å²) in [5.41, 5.74) is 3.61. The quantitative estimate of drug-likeness (QED) is 0.256. The number of hydrogen-bond acceptors (Lipinski definition) is 8. The van der Waals surface area contributed by atoms with Gasteiger partial charge in [0.25, 0.3) is 5.56 Å². The molecule has 0 spiro atoms. The SMILES string of the molecule is COC(=O)C1=C(C)N=c2sc(=Cc3cn(-c4ccccc4)nc3-c3ccc(OC)c(Cl)c3)c(=O)n2C1c1cccs1. The number of carbonyl (C=O) groups is 1. The van der Waals surface area contributed by atoms with Crippen LogP contribution in [0.15, 0.2) is 93.3 Å². The zero-order valence-corrected chi connectivity index (χ0v) is 24.6. The number of aromatic nitrogens is 3. The van der Waals surface area contributed by atoms with E-state index >= 15 is 0 Å². The van der Waals surface area contributed by atoms with Crippen LogP contribution in [-0.4, -0.2) is 34.5 Å². The van der Waals surface area contributed by atoms with Gasteiger partial charge in [-0.1, -0.05) is 47.2 Å². The van der Waals surface area contributed by atoms with Gasteiger partial charge in [-0.3, -0.25) is 9.36 Å². The highest BCUT2D eigenvalue weighted by Gasteiger charge is 2.33. The number of para-hydroxylation sites is 1. The number of rotatable bonds is 6. The molecule has 0 saturated carbocycles. The molecule has 0 fully saturated rings. The third kappa shape index (κ3) is 4.84. The second-order valence-electron chi connectivity index (χ2n) is 9.15. The van der Waals surface area contributed by atoms with Crippen LogP contribution in [0.5, 0.6) is 5.75 Å². The molecule has 41 heavy (non-hydrogen) atoms. The van der Waals surface area contributed by atoms with Gasteiger partial charge in [-0.25, -0.2) is 14.5 Å². The van der Waals surface area contributed by atoms with Gasteiger partial charge in [-0.2, -0.15) is 5.10 Å². The van der Waals surface area contributed by atoms with Crippen LogP contribution in [-0.2, 0) is 9.53 Å². The highest BCUT2D eigenvalue weighted by atomic mass is 35.5. The Balaban J connectivity index is 1.56. The molecule has 1 aliphatic heterocycles. The average molecular weight is 603 g/mol. The van der Waals surface area contributed by atoms with E-state index < -0.39 is 12.0 Å². The fourth-order valence-electron chi connectivity index (χ4n) is 4.79. The van der Waals surface area contributed by atoms with Crippen molar-refractivity contribution in [2.45, 2.75) is 13.0 Å². The molecule has 0 amide bonds. The molecule has 206 valence electrons. The molecule has 0 bridgehead atoms. The van der Waals surface area contributed by atoms with Gasteiger partial charge in [0.05, 0.1) is 40.7 Å². The number of allylic oxidation sites excluding steroid dienone is 1. The van der Waals surface area contributed by atoms with Crippen molar-refractivity contribution in [3.05, 3.63) is 119 Å². The lowest BCUT2D eigenvalue weighted by Gasteiger charge is -2.22. The van der Waals surface area contributed by atoms with E-state index in [0.29, 0.717) is 37.1 Å². The van der Waals surface area contributed by atoms with Crippen molar-refractivity contribution in [3.8, 4) is 22.7 Å². The van der Waals surface area contributed by atoms with Gasteiger partial charge < -0.3 is 9.47 Å². The molecular weight excluding hydrogens is 580 g/mol. The van der Waals surface area contributed by atoms with Crippen LogP contribution in [0.25, 0.3) is 23.0 Å². The van der Waals surface area contributed by atoms with Gasteiger partial charge in [0, 0.05) is 22.2 Å². The predicted molar refractivity (Wildman–Crippen MR) is 161 cm³/mol. The number of methoxy groups -OCH3 is 2. The lowest BCUT2D eigenvalue weighted by molar-refractivity contribution is -0.136. The molecule has 0 saturated heterocycles. The molecule has 0 N–H and O–H groups in total. The summed E-state index contributed by atoms with van der Waals surface area (Å²) < 4.78 is 14.2. The number of benzene rings is 2. The summed E-state index contributed by atoms with van der Waals surface area (Å²) in [5.74, 6) is 0.0415. The Morgan fingerprint density at radius 2 is 1.90 bits per heavy atom. The Kier molecular flexibility index (Phi) is 7.21. The number of fused-ring (bicyclic) bond motifs is 1. The first kappa shape index (κ1) is 26.9. The van der Waals surface area contributed by atoms with E-state index in [9.17, 15) is 9.59 Å². The summed E-state index contributed by atoms with van der Waals surface area (Å²) in [6, 6.07) is 18.3.